The van der Waals surface area contributed by atoms with Gasteiger partial charge in [-0.1, -0.05) is 18.2 Å². The second-order valence-corrected chi connectivity index (χ2v) is 6.84. The van der Waals surface area contributed by atoms with Gasteiger partial charge in [0.15, 0.2) is 9.84 Å². The van der Waals surface area contributed by atoms with E-state index >= 15 is 0 Å². The number of hydrogen-bond acceptors (Lipinski definition) is 4. The molecule has 2 atom stereocenters. The molecule has 0 saturated heterocycles. The summed E-state index contributed by atoms with van der Waals surface area (Å²) in [5, 5.41) is 10.2. The fourth-order valence-electron chi connectivity index (χ4n) is 1.77. The van der Waals surface area contributed by atoms with Crippen LogP contribution in [-0.2, 0) is 9.84 Å². The number of rotatable bonds is 3. The van der Waals surface area contributed by atoms with E-state index in [2.05, 4.69) is 4.98 Å². The summed E-state index contributed by atoms with van der Waals surface area (Å²) in [5.41, 5.74) is 1.31. The van der Waals surface area contributed by atoms with Gasteiger partial charge in [-0.25, -0.2) is 8.42 Å². The molecule has 1 heterocycles. The first-order valence-corrected chi connectivity index (χ1v) is 7.56. The summed E-state index contributed by atoms with van der Waals surface area (Å²) < 4.78 is 22.9. The van der Waals surface area contributed by atoms with Crippen molar-refractivity contribution >= 4 is 20.7 Å². The number of aromatic nitrogens is 1. The van der Waals surface area contributed by atoms with E-state index in [-0.39, 0.29) is 0 Å². The maximum absolute atomic E-state index is 11.4. The van der Waals surface area contributed by atoms with Crippen LogP contribution in [0, 0.1) is 0 Å². The molecule has 0 aliphatic carbocycles. The highest BCUT2D eigenvalue weighted by atomic mass is 32.2. The Morgan fingerprint density at radius 3 is 2.67 bits per heavy atom. The van der Waals surface area contributed by atoms with Crippen molar-refractivity contribution < 1.29 is 13.5 Å². The lowest BCUT2D eigenvalue weighted by Gasteiger charge is -2.17. The summed E-state index contributed by atoms with van der Waals surface area (Å²) in [4.78, 5) is 4.19. The Balaban J connectivity index is 2.42. The number of aliphatic hydroxyl groups excluding tert-OH is 1. The minimum atomic E-state index is -3.27. The third-order valence-electron chi connectivity index (χ3n) is 3.09. The lowest BCUT2D eigenvalue weighted by Crippen LogP contribution is -2.24. The largest absolute Gasteiger partial charge is 0.387 e. The van der Waals surface area contributed by atoms with Gasteiger partial charge < -0.3 is 5.11 Å². The Labute approximate surface area is 106 Å². The first-order chi connectivity index (χ1) is 8.39. The van der Waals surface area contributed by atoms with Gasteiger partial charge in [0.2, 0.25) is 0 Å². The molecule has 0 aliphatic heterocycles. The first-order valence-electron chi connectivity index (χ1n) is 5.61. The molecule has 1 aromatic carbocycles. The molecule has 18 heavy (non-hydrogen) atoms. The number of sulfone groups is 1. The molecule has 0 radical (unpaired) electrons. The van der Waals surface area contributed by atoms with Crippen LogP contribution < -0.4 is 0 Å². The van der Waals surface area contributed by atoms with Crippen LogP contribution in [0.3, 0.4) is 0 Å². The molecule has 2 unspecified atom stereocenters. The molecule has 0 spiro atoms. The number of benzene rings is 1. The Morgan fingerprint density at radius 2 is 2.00 bits per heavy atom. The molecule has 0 saturated carbocycles. The van der Waals surface area contributed by atoms with E-state index < -0.39 is 21.2 Å². The number of aliphatic hydroxyl groups is 1. The number of fused-ring (bicyclic) bond motifs is 1. The van der Waals surface area contributed by atoms with Crippen molar-refractivity contribution in [3.05, 3.63) is 42.1 Å². The molecule has 4 nitrogen and oxygen atoms in total. The zero-order valence-corrected chi connectivity index (χ0v) is 11.1. The molecule has 0 fully saturated rings. The average Bonchev–Trinajstić information content (AvgIpc) is 2.35. The third-order valence-corrected chi connectivity index (χ3v) is 4.70. The van der Waals surface area contributed by atoms with E-state index in [1.807, 2.05) is 18.2 Å². The standard InChI is InChI=1S/C13H15NO3S/c1-9(18(2,16)17)13(15)11-6-5-10-4-3-7-14-12(10)8-11/h3-9,13,15H,1-2H3. The van der Waals surface area contributed by atoms with E-state index in [0.29, 0.717) is 5.56 Å². The van der Waals surface area contributed by atoms with E-state index in [1.165, 1.54) is 6.92 Å². The Hall–Kier alpha value is -1.46. The number of hydrogen-bond donors (Lipinski definition) is 1. The van der Waals surface area contributed by atoms with Crippen LogP contribution in [0.1, 0.15) is 18.6 Å². The van der Waals surface area contributed by atoms with Gasteiger partial charge in [-0.3, -0.25) is 4.98 Å². The van der Waals surface area contributed by atoms with Gasteiger partial charge in [0.25, 0.3) is 0 Å². The Morgan fingerprint density at radius 1 is 1.28 bits per heavy atom. The molecule has 2 rings (SSSR count). The van der Waals surface area contributed by atoms with Gasteiger partial charge >= 0.3 is 0 Å². The summed E-state index contributed by atoms with van der Waals surface area (Å²) in [6.07, 6.45) is 1.75. The molecule has 0 amide bonds. The van der Waals surface area contributed by atoms with Gasteiger partial charge in [-0.2, -0.15) is 0 Å². The third kappa shape index (κ3) is 2.52. The van der Waals surface area contributed by atoms with Crippen LogP contribution in [0.4, 0.5) is 0 Å². The second-order valence-electron chi connectivity index (χ2n) is 4.44. The van der Waals surface area contributed by atoms with Crippen molar-refractivity contribution in [2.75, 3.05) is 6.26 Å². The molecule has 96 valence electrons. The maximum atomic E-state index is 11.4. The highest BCUT2D eigenvalue weighted by molar-refractivity contribution is 7.91. The van der Waals surface area contributed by atoms with Crippen molar-refractivity contribution in [2.24, 2.45) is 0 Å². The molecule has 0 aliphatic rings. The molecular formula is C13H15NO3S. The van der Waals surface area contributed by atoms with E-state index in [1.54, 1.807) is 18.3 Å². The van der Waals surface area contributed by atoms with Crippen LogP contribution in [-0.4, -0.2) is 30.0 Å². The van der Waals surface area contributed by atoms with Gasteiger partial charge in [-0.05, 0) is 24.6 Å². The SMILES string of the molecule is CC(C(O)c1ccc2cccnc2c1)S(C)(=O)=O. The monoisotopic (exact) mass is 265 g/mol. The average molecular weight is 265 g/mol. The van der Waals surface area contributed by atoms with Gasteiger partial charge in [0.1, 0.15) is 0 Å². The van der Waals surface area contributed by atoms with Crippen molar-refractivity contribution in [1.29, 1.82) is 0 Å². The fourth-order valence-corrected chi connectivity index (χ4v) is 2.40. The molecule has 5 heteroatoms. The lowest BCUT2D eigenvalue weighted by molar-refractivity contribution is 0.176. The Kier molecular flexibility index (Phi) is 3.36. The van der Waals surface area contributed by atoms with Gasteiger partial charge in [0, 0.05) is 17.8 Å². The predicted octanol–water partition coefficient (Wildman–Crippen LogP) is 1.70. The second kappa shape index (κ2) is 4.66. The molecular weight excluding hydrogens is 250 g/mol. The Bertz CT molecular complexity index is 667. The van der Waals surface area contributed by atoms with Crippen molar-refractivity contribution in [3.63, 3.8) is 0 Å². The minimum Gasteiger partial charge on any atom is -0.387 e. The lowest BCUT2D eigenvalue weighted by atomic mass is 10.0. The van der Waals surface area contributed by atoms with E-state index in [9.17, 15) is 13.5 Å². The molecule has 2 aromatic rings. The summed E-state index contributed by atoms with van der Waals surface area (Å²) in [5.74, 6) is 0. The van der Waals surface area contributed by atoms with Crippen molar-refractivity contribution in [3.8, 4) is 0 Å². The predicted molar refractivity (Wildman–Crippen MR) is 71.0 cm³/mol. The van der Waals surface area contributed by atoms with Crippen molar-refractivity contribution in [1.82, 2.24) is 4.98 Å². The minimum absolute atomic E-state index is 0.569. The smallest absolute Gasteiger partial charge is 0.152 e. The highest BCUT2D eigenvalue weighted by Gasteiger charge is 2.25. The number of nitrogens with zero attached hydrogens (tertiary/aromatic N) is 1. The molecule has 1 aromatic heterocycles. The highest BCUT2D eigenvalue weighted by Crippen LogP contribution is 2.24. The van der Waals surface area contributed by atoms with E-state index in [4.69, 9.17) is 0 Å². The van der Waals surface area contributed by atoms with Gasteiger partial charge in [0.05, 0.1) is 16.9 Å². The fraction of sp³-hybridized carbons (Fsp3) is 0.308. The van der Waals surface area contributed by atoms with Crippen LogP contribution in [0.25, 0.3) is 10.9 Å². The molecule has 0 bridgehead atoms. The van der Waals surface area contributed by atoms with Gasteiger partial charge in [-0.15, -0.1) is 0 Å². The summed E-state index contributed by atoms with van der Waals surface area (Å²) in [6.45, 7) is 1.50. The zero-order valence-electron chi connectivity index (χ0n) is 10.2. The van der Waals surface area contributed by atoms with Crippen LogP contribution in [0.2, 0.25) is 0 Å². The zero-order chi connectivity index (χ0) is 13.3. The summed E-state index contributed by atoms with van der Waals surface area (Å²) in [6, 6.07) is 9.03. The summed E-state index contributed by atoms with van der Waals surface area (Å²) >= 11 is 0. The molecule has 1 N–H and O–H groups in total. The normalized spacial score (nSPS) is 15.5. The van der Waals surface area contributed by atoms with Crippen LogP contribution >= 0.6 is 0 Å². The first kappa shape index (κ1) is 13.0. The topological polar surface area (TPSA) is 67.3 Å². The van der Waals surface area contributed by atoms with Crippen LogP contribution in [0.5, 0.6) is 0 Å². The quantitative estimate of drug-likeness (QED) is 0.917. The van der Waals surface area contributed by atoms with E-state index in [0.717, 1.165) is 17.2 Å². The maximum Gasteiger partial charge on any atom is 0.152 e. The van der Waals surface area contributed by atoms with Crippen LogP contribution in [0.15, 0.2) is 36.5 Å². The van der Waals surface area contributed by atoms with Crippen molar-refractivity contribution in [2.45, 2.75) is 18.3 Å². The number of pyridine rings is 1. The summed E-state index contributed by atoms with van der Waals surface area (Å²) in [7, 11) is -3.27.